The molecule has 3 heterocycles. The molecule has 3 aromatic rings. The van der Waals surface area contributed by atoms with Gasteiger partial charge in [0, 0.05) is 16.8 Å². The van der Waals surface area contributed by atoms with Gasteiger partial charge < -0.3 is 14.5 Å². The third kappa shape index (κ3) is 2.72. The van der Waals surface area contributed by atoms with Gasteiger partial charge in [-0.2, -0.15) is 0 Å². The van der Waals surface area contributed by atoms with E-state index in [1.54, 1.807) is 7.11 Å². The number of ether oxygens (including phenoxy) is 1. The lowest BCUT2D eigenvalue weighted by molar-refractivity contribution is -0.883. The lowest BCUT2D eigenvalue weighted by Gasteiger charge is -2.29. The topological polar surface area (TPSA) is 46.9 Å². The number of methoxy groups -OCH3 is 1. The van der Waals surface area contributed by atoms with Crippen molar-refractivity contribution in [2.24, 2.45) is 0 Å². The summed E-state index contributed by atoms with van der Waals surface area (Å²) in [5, 5.41) is 2.09. The van der Waals surface area contributed by atoms with E-state index in [-0.39, 0.29) is 5.91 Å². The van der Waals surface area contributed by atoms with Crippen LogP contribution in [0.4, 0.5) is 0 Å². The van der Waals surface area contributed by atoms with Crippen molar-refractivity contribution in [1.82, 2.24) is 9.88 Å². The number of likely N-dealkylation sites (N-methyl/N-ethyl adjacent to an activating group) is 1. The van der Waals surface area contributed by atoms with Crippen molar-refractivity contribution in [3.05, 3.63) is 35.2 Å². The first-order chi connectivity index (χ1) is 11.6. The highest BCUT2D eigenvalue weighted by Crippen LogP contribution is 2.29. The number of nitrogens with one attached hydrogen (secondary N) is 1. The summed E-state index contributed by atoms with van der Waals surface area (Å²) in [6.45, 7) is 3.67. The molecule has 6 heteroatoms. The minimum Gasteiger partial charge on any atom is -0.497 e. The van der Waals surface area contributed by atoms with Gasteiger partial charge in [0.15, 0.2) is 0 Å². The van der Waals surface area contributed by atoms with E-state index in [0.29, 0.717) is 0 Å². The normalized spacial score (nSPS) is 16.0. The number of piperazine rings is 1. The Bertz CT molecular complexity index is 913. The number of carbonyl (C=O) groups excluding carboxylic acids is 1. The smallest absolute Gasteiger partial charge is 0.264 e. The Hall–Kier alpha value is -2.18. The van der Waals surface area contributed by atoms with E-state index < -0.39 is 0 Å². The first-order valence-electron chi connectivity index (χ1n) is 8.13. The van der Waals surface area contributed by atoms with Crippen molar-refractivity contribution in [2.75, 3.05) is 40.3 Å². The number of hydrogen-bond acceptors (Lipinski definition) is 4. The van der Waals surface area contributed by atoms with E-state index in [9.17, 15) is 4.79 Å². The van der Waals surface area contributed by atoms with Gasteiger partial charge in [0.1, 0.15) is 10.6 Å². The molecule has 0 spiro atoms. The van der Waals surface area contributed by atoms with Crippen LogP contribution in [0.2, 0.25) is 0 Å². The van der Waals surface area contributed by atoms with Crippen molar-refractivity contribution >= 4 is 38.4 Å². The summed E-state index contributed by atoms with van der Waals surface area (Å²) >= 11 is 1.48. The maximum Gasteiger partial charge on any atom is 0.264 e. The van der Waals surface area contributed by atoms with Crippen molar-refractivity contribution in [1.29, 1.82) is 0 Å². The Morgan fingerprint density at radius 2 is 2.00 bits per heavy atom. The van der Waals surface area contributed by atoms with Gasteiger partial charge in [-0.15, -0.1) is 11.3 Å². The number of carbonyl (C=O) groups is 1. The second-order valence-electron chi connectivity index (χ2n) is 6.30. The van der Waals surface area contributed by atoms with Crippen LogP contribution in [0.1, 0.15) is 9.67 Å². The predicted molar refractivity (Wildman–Crippen MR) is 96.2 cm³/mol. The number of aromatic nitrogens is 1. The zero-order valence-electron chi connectivity index (χ0n) is 13.8. The summed E-state index contributed by atoms with van der Waals surface area (Å²) in [6.07, 6.45) is 0. The van der Waals surface area contributed by atoms with Gasteiger partial charge in [0.05, 0.1) is 50.7 Å². The SMILES string of the molecule is COc1ccc2cc3cc(C(=O)N4CC[NH+](C)CC4)sc3nc2c1. The summed E-state index contributed by atoms with van der Waals surface area (Å²) in [5.41, 5.74) is 0.894. The number of nitrogens with zero attached hydrogens (tertiary/aromatic N) is 2. The van der Waals surface area contributed by atoms with Crippen molar-refractivity contribution < 1.29 is 14.4 Å². The quantitative estimate of drug-likeness (QED) is 0.766. The molecule has 0 aliphatic carbocycles. The molecule has 1 saturated heterocycles. The molecule has 0 atom stereocenters. The first-order valence-corrected chi connectivity index (χ1v) is 8.94. The molecule has 1 amide bonds. The number of quaternary nitrogens is 1. The minimum absolute atomic E-state index is 0.132. The molecule has 5 nitrogen and oxygen atoms in total. The van der Waals surface area contributed by atoms with Gasteiger partial charge in [0.25, 0.3) is 5.91 Å². The van der Waals surface area contributed by atoms with Crippen LogP contribution in [-0.4, -0.2) is 56.1 Å². The van der Waals surface area contributed by atoms with Gasteiger partial charge in [0.2, 0.25) is 0 Å². The first kappa shape index (κ1) is 15.4. The van der Waals surface area contributed by atoms with Crippen LogP contribution >= 0.6 is 11.3 Å². The van der Waals surface area contributed by atoms with Crippen LogP contribution in [0.25, 0.3) is 21.1 Å². The van der Waals surface area contributed by atoms with Crippen LogP contribution in [0.3, 0.4) is 0 Å². The summed E-state index contributed by atoms with van der Waals surface area (Å²) < 4.78 is 5.27. The average Bonchev–Trinajstić information content (AvgIpc) is 3.02. The fraction of sp³-hybridized carbons (Fsp3) is 0.333. The van der Waals surface area contributed by atoms with E-state index in [1.807, 2.05) is 29.2 Å². The summed E-state index contributed by atoms with van der Waals surface area (Å²) in [5.74, 6) is 0.925. The van der Waals surface area contributed by atoms with Crippen LogP contribution in [-0.2, 0) is 0 Å². The zero-order chi connectivity index (χ0) is 16.7. The molecule has 0 saturated carbocycles. The molecule has 1 aliphatic rings. The lowest BCUT2D eigenvalue weighted by atomic mass is 10.2. The Morgan fingerprint density at radius 1 is 1.21 bits per heavy atom. The lowest BCUT2D eigenvalue weighted by Crippen LogP contribution is -3.12. The molecule has 2 aromatic heterocycles. The fourth-order valence-corrected chi connectivity index (χ4v) is 4.08. The highest BCUT2D eigenvalue weighted by molar-refractivity contribution is 7.20. The maximum absolute atomic E-state index is 12.7. The highest BCUT2D eigenvalue weighted by Gasteiger charge is 2.24. The number of fused-ring (bicyclic) bond motifs is 2. The van der Waals surface area contributed by atoms with E-state index in [2.05, 4.69) is 13.1 Å². The van der Waals surface area contributed by atoms with Crippen LogP contribution in [0, 0.1) is 0 Å². The minimum atomic E-state index is 0.132. The van der Waals surface area contributed by atoms with Gasteiger partial charge in [-0.05, 0) is 24.3 Å². The fourth-order valence-electron chi connectivity index (χ4n) is 3.09. The number of benzene rings is 1. The molecular formula is C18H20N3O2S+. The number of rotatable bonds is 2. The van der Waals surface area contributed by atoms with E-state index >= 15 is 0 Å². The third-order valence-corrected chi connectivity index (χ3v) is 5.66. The highest BCUT2D eigenvalue weighted by atomic mass is 32.1. The molecule has 4 rings (SSSR count). The van der Waals surface area contributed by atoms with Crippen molar-refractivity contribution in [3.63, 3.8) is 0 Å². The second kappa shape index (κ2) is 6.03. The molecule has 0 unspecified atom stereocenters. The second-order valence-corrected chi connectivity index (χ2v) is 7.33. The number of thiophene rings is 1. The molecule has 1 aliphatic heterocycles. The van der Waals surface area contributed by atoms with Crippen LogP contribution in [0.5, 0.6) is 5.75 Å². The molecule has 0 bridgehead atoms. The molecule has 1 N–H and O–H groups in total. The van der Waals surface area contributed by atoms with E-state index in [0.717, 1.165) is 57.9 Å². The largest absolute Gasteiger partial charge is 0.497 e. The Balaban J connectivity index is 1.69. The third-order valence-electron chi connectivity index (χ3n) is 4.63. The summed E-state index contributed by atoms with van der Waals surface area (Å²) in [7, 11) is 3.82. The Labute approximate surface area is 144 Å². The number of hydrogen-bond donors (Lipinski definition) is 1. The van der Waals surface area contributed by atoms with Gasteiger partial charge in [-0.25, -0.2) is 4.98 Å². The van der Waals surface area contributed by atoms with Gasteiger partial charge in [-0.3, -0.25) is 4.79 Å². The average molecular weight is 342 g/mol. The van der Waals surface area contributed by atoms with Gasteiger partial charge in [-0.1, -0.05) is 0 Å². The molecule has 1 fully saturated rings. The number of amides is 1. The molecule has 124 valence electrons. The maximum atomic E-state index is 12.7. The molecule has 1 aromatic carbocycles. The summed E-state index contributed by atoms with van der Waals surface area (Å²) in [4.78, 5) is 22.6. The zero-order valence-corrected chi connectivity index (χ0v) is 14.7. The van der Waals surface area contributed by atoms with Crippen LogP contribution < -0.4 is 9.64 Å². The predicted octanol–water partition coefficient (Wildman–Crippen LogP) is 1.43. The van der Waals surface area contributed by atoms with E-state index in [4.69, 9.17) is 9.72 Å². The van der Waals surface area contributed by atoms with Gasteiger partial charge >= 0.3 is 0 Å². The Morgan fingerprint density at radius 3 is 2.75 bits per heavy atom. The monoisotopic (exact) mass is 342 g/mol. The van der Waals surface area contributed by atoms with Crippen molar-refractivity contribution in [3.8, 4) is 5.75 Å². The number of pyridine rings is 1. The molecule has 24 heavy (non-hydrogen) atoms. The summed E-state index contributed by atoms with van der Waals surface area (Å²) in [6, 6.07) is 9.94. The van der Waals surface area contributed by atoms with E-state index in [1.165, 1.54) is 16.2 Å². The van der Waals surface area contributed by atoms with Crippen LogP contribution in [0.15, 0.2) is 30.3 Å². The molecule has 0 radical (unpaired) electrons. The molecular weight excluding hydrogens is 322 g/mol. The standard InChI is InChI=1S/C18H19N3O2S/c1-20-5-7-21(8-6-20)18(22)16-10-13-9-12-3-4-14(23-2)11-15(12)19-17(13)24-16/h3-4,9-11H,5-8H2,1-2H3/p+1. The van der Waals surface area contributed by atoms with Crippen molar-refractivity contribution in [2.45, 2.75) is 0 Å². The Kier molecular flexibility index (Phi) is 3.86.